The number of fused-ring (bicyclic) bond motifs is 1. The van der Waals surface area contributed by atoms with Crippen LogP contribution < -0.4 is 14.8 Å². The van der Waals surface area contributed by atoms with E-state index < -0.39 is 0 Å². The highest BCUT2D eigenvalue weighted by Crippen LogP contribution is 2.60. The first-order valence-electron chi connectivity index (χ1n) is 10.8. The standard InChI is InChI=1S/C23H26N2O4/c26-22(23-10-14-5-15(11-23)7-16(6-14)12-23)24-13-18-9-20(29-25-18)17-1-2-19-21(8-17)28-4-3-27-19/h1-2,8-9,14-16H,3-7,10-13H2,(H,24,26). The minimum absolute atomic E-state index is 0.128. The van der Waals surface area contributed by atoms with Crippen LogP contribution in [0.5, 0.6) is 11.5 Å². The smallest absolute Gasteiger partial charge is 0.226 e. The maximum absolute atomic E-state index is 13.1. The summed E-state index contributed by atoms with van der Waals surface area (Å²) in [6.45, 7) is 1.53. The van der Waals surface area contributed by atoms with Gasteiger partial charge >= 0.3 is 0 Å². The highest BCUT2D eigenvalue weighted by atomic mass is 16.6. The molecule has 2 aromatic rings. The Balaban J connectivity index is 1.14. The molecule has 5 aliphatic rings. The van der Waals surface area contributed by atoms with Crippen molar-refractivity contribution in [1.82, 2.24) is 10.5 Å². The van der Waals surface area contributed by atoms with Crippen molar-refractivity contribution in [3.63, 3.8) is 0 Å². The second-order valence-electron chi connectivity index (χ2n) is 9.42. The van der Waals surface area contributed by atoms with Crippen LogP contribution in [0.25, 0.3) is 11.3 Å². The van der Waals surface area contributed by atoms with Crippen molar-refractivity contribution < 1.29 is 18.8 Å². The first-order valence-corrected chi connectivity index (χ1v) is 10.8. The van der Waals surface area contributed by atoms with Crippen molar-refractivity contribution in [1.29, 1.82) is 0 Å². The average Bonchev–Trinajstić information content (AvgIpc) is 3.20. The zero-order valence-corrected chi connectivity index (χ0v) is 16.5. The fourth-order valence-electron chi connectivity index (χ4n) is 6.47. The van der Waals surface area contributed by atoms with Crippen LogP contribution in [0.4, 0.5) is 0 Å². The van der Waals surface area contributed by atoms with E-state index in [9.17, 15) is 4.79 Å². The molecule has 152 valence electrons. The van der Waals surface area contributed by atoms with E-state index in [0.717, 1.165) is 59.8 Å². The van der Waals surface area contributed by atoms with Crippen LogP contribution in [0.1, 0.15) is 44.2 Å². The van der Waals surface area contributed by atoms with Gasteiger partial charge in [-0.3, -0.25) is 4.79 Å². The molecule has 7 rings (SSSR count). The van der Waals surface area contributed by atoms with Gasteiger partial charge in [0.1, 0.15) is 18.9 Å². The molecule has 2 heterocycles. The normalized spacial score (nSPS) is 31.7. The Bertz CT molecular complexity index is 915. The lowest BCUT2D eigenvalue weighted by molar-refractivity contribution is -0.146. The van der Waals surface area contributed by atoms with Gasteiger partial charge in [0.05, 0.1) is 6.54 Å². The van der Waals surface area contributed by atoms with Gasteiger partial charge in [-0.2, -0.15) is 0 Å². The highest BCUT2D eigenvalue weighted by Gasteiger charge is 2.54. The predicted molar refractivity (Wildman–Crippen MR) is 105 cm³/mol. The summed E-state index contributed by atoms with van der Waals surface area (Å²) < 4.78 is 16.7. The Kier molecular flexibility index (Phi) is 3.90. The lowest BCUT2D eigenvalue weighted by Gasteiger charge is -2.55. The Morgan fingerprint density at radius 2 is 1.69 bits per heavy atom. The molecule has 6 nitrogen and oxygen atoms in total. The van der Waals surface area contributed by atoms with Crippen LogP contribution in [0.2, 0.25) is 0 Å². The van der Waals surface area contributed by atoms with Crippen molar-refractivity contribution in [3.05, 3.63) is 30.0 Å². The van der Waals surface area contributed by atoms with E-state index in [1.54, 1.807) is 0 Å². The highest BCUT2D eigenvalue weighted by molar-refractivity contribution is 5.83. The molecule has 29 heavy (non-hydrogen) atoms. The Labute approximate surface area is 169 Å². The second-order valence-corrected chi connectivity index (χ2v) is 9.42. The molecule has 1 aromatic carbocycles. The maximum atomic E-state index is 13.1. The number of rotatable bonds is 4. The van der Waals surface area contributed by atoms with Gasteiger partial charge < -0.3 is 19.3 Å². The summed E-state index contributed by atoms with van der Waals surface area (Å²) in [5.74, 6) is 4.66. The summed E-state index contributed by atoms with van der Waals surface area (Å²) in [6.07, 6.45) is 7.25. The van der Waals surface area contributed by atoms with Crippen molar-refractivity contribution in [2.24, 2.45) is 23.2 Å². The molecular formula is C23H26N2O4. The predicted octanol–water partition coefficient (Wildman–Crippen LogP) is 3.95. The molecule has 1 aliphatic heterocycles. The molecule has 1 N–H and O–H groups in total. The van der Waals surface area contributed by atoms with Gasteiger partial charge in [0.2, 0.25) is 5.91 Å². The van der Waals surface area contributed by atoms with Crippen LogP contribution in [0, 0.1) is 23.2 Å². The van der Waals surface area contributed by atoms with Crippen molar-refractivity contribution in [2.45, 2.75) is 45.1 Å². The first kappa shape index (κ1) is 17.4. The fraction of sp³-hybridized carbons (Fsp3) is 0.565. The Morgan fingerprint density at radius 1 is 1.00 bits per heavy atom. The number of hydrogen-bond donors (Lipinski definition) is 1. The van der Waals surface area contributed by atoms with Crippen LogP contribution in [-0.4, -0.2) is 24.3 Å². The van der Waals surface area contributed by atoms with E-state index in [-0.39, 0.29) is 11.3 Å². The number of amides is 1. The van der Waals surface area contributed by atoms with Crippen LogP contribution >= 0.6 is 0 Å². The van der Waals surface area contributed by atoms with Crippen LogP contribution in [-0.2, 0) is 11.3 Å². The van der Waals surface area contributed by atoms with Gasteiger partial charge in [-0.05, 0) is 74.5 Å². The van der Waals surface area contributed by atoms with Crippen LogP contribution in [0.15, 0.2) is 28.8 Å². The van der Waals surface area contributed by atoms with Gasteiger partial charge in [0.25, 0.3) is 0 Å². The molecule has 4 saturated carbocycles. The zero-order chi connectivity index (χ0) is 19.4. The van der Waals surface area contributed by atoms with E-state index in [1.165, 1.54) is 19.3 Å². The van der Waals surface area contributed by atoms with Gasteiger partial charge in [-0.15, -0.1) is 0 Å². The summed E-state index contributed by atoms with van der Waals surface area (Å²) in [7, 11) is 0. The van der Waals surface area contributed by atoms with E-state index in [0.29, 0.717) is 25.5 Å². The molecule has 0 atom stereocenters. The number of hydrogen-bond acceptors (Lipinski definition) is 5. The third-order valence-corrected chi connectivity index (χ3v) is 7.34. The minimum Gasteiger partial charge on any atom is -0.486 e. The zero-order valence-electron chi connectivity index (χ0n) is 16.5. The van der Waals surface area contributed by atoms with E-state index in [2.05, 4.69) is 10.5 Å². The number of nitrogens with zero attached hydrogens (tertiary/aromatic N) is 1. The summed E-state index contributed by atoms with van der Waals surface area (Å²) in [4.78, 5) is 13.1. The SMILES string of the molecule is O=C(NCc1cc(-c2ccc3c(c2)OCCO3)on1)C12CC3CC(CC(C3)C1)C2. The average molecular weight is 394 g/mol. The molecule has 0 unspecified atom stereocenters. The molecule has 6 heteroatoms. The monoisotopic (exact) mass is 394 g/mol. The van der Waals surface area contributed by atoms with Crippen molar-refractivity contribution >= 4 is 5.91 Å². The molecule has 0 saturated heterocycles. The fourth-order valence-corrected chi connectivity index (χ4v) is 6.47. The number of carbonyl (C=O) groups excluding carboxylic acids is 1. The molecule has 4 aliphatic carbocycles. The van der Waals surface area contributed by atoms with E-state index in [4.69, 9.17) is 14.0 Å². The first-order chi connectivity index (χ1) is 14.2. The van der Waals surface area contributed by atoms with Crippen molar-refractivity contribution in [2.75, 3.05) is 13.2 Å². The second kappa shape index (κ2) is 6.51. The molecule has 1 amide bonds. The number of aromatic nitrogens is 1. The van der Waals surface area contributed by atoms with Crippen molar-refractivity contribution in [3.8, 4) is 22.8 Å². The molecule has 0 radical (unpaired) electrons. The molecule has 4 fully saturated rings. The quantitative estimate of drug-likeness (QED) is 0.850. The topological polar surface area (TPSA) is 73.6 Å². The van der Waals surface area contributed by atoms with Gasteiger partial charge in [-0.1, -0.05) is 5.16 Å². The summed E-state index contributed by atoms with van der Waals surface area (Å²) >= 11 is 0. The van der Waals surface area contributed by atoms with Crippen LogP contribution in [0.3, 0.4) is 0 Å². The number of benzene rings is 1. The summed E-state index contributed by atoms with van der Waals surface area (Å²) in [6, 6.07) is 7.63. The number of nitrogens with one attached hydrogen (secondary N) is 1. The lowest BCUT2D eigenvalue weighted by Crippen LogP contribution is -2.53. The Morgan fingerprint density at radius 3 is 2.41 bits per heavy atom. The molecular weight excluding hydrogens is 368 g/mol. The third-order valence-electron chi connectivity index (χ3n) is 7.34. The lowest BCUT2D eigenvalue weighted by atomic mass is 9.49. The molecule has 1 aromatic heterocycles. The number of ether oxygens (including phenoxy) is 2. The van der Waals surface area contributed by atoms with E-state index in [1.807, 2.05) is 24.3 Å². The largest absolute Gasteiger partial charge is 0.486 e. The molecule has 0 spiro atoms. The minimum atomic E-state index is -0.128. The summed E-state index contributed by atoms with van der Waals surface area (Å²) in [5, 5.41) is 7.33. The van der Waals surface area contributed by atoms with Gasteiger partial charge in [0.15, 0.2) is 17.3 Å². The maximum Gasteiger partial charge on any atom is 0.226 e. The Hall–Kier alpha value is -2.50. The third kappa shape index (κ3) is 3.00. The van der Waals surface area contributed by atoms with E-state index >= 15 is 0 Å². The number of carbonyl (C=O) groups is 1. The molecule has 4 bridgehead atoms. The van der Waals surface area contributed by atoms with Gasteiger partial charge in [-0.25, -0.2) is 0 Å². The van der Waals surface area contributed by atoms with Gasteiger partial charge in [0, 0.05) is 17.0 Å². The summed E-state index contributed by atoms with van der Waals surface area (Å²) in [5.41, 5.74) is 1.50.